The molecule has 1 unspecified atom stereocenters. The van der Waals surface area contributed by atoms with Crippen LogP contribution in [0.1, 0.15) is 18.9 Å². The lowest BCUT2D eigenvalue weighted by molar-refractivity contribution is -0.131. The summed E-state index contributed by atoms with van der Waals surface area (Å²) in [5.74, 6) is 0.605. The molecule has 7 heteroatoms. The van der Waals surface area contributed by atoms with Crippen molar-refractivity contribution in [3.05, 3.63) is 23.8 Å². The van der Waals surface area contributed by atoms with Crippen LogP contribution < -0.4 is 14.8 Å². The molecule has 0 saturated carbocycles. The van der Waals surface area contributed by atoms with Crippen molar-refractivity contribution in [3.63, 3.8) is 0 Å². The van der Waals surface area contributed by atoms with Crippen molar-refractivity contribution in [2.45, 2.75) is 18.9 Å². The number of nitrogens with one attached hydrogen (secondary N) is 1. The Balaban J connectivity index is 2.45. The minimum Gasteiger partial charge on any atom is -0.497 e. The van der Waals surface area contributed by atoms with Gasteiger partial charge in [0.2, 0.25) is 0 Å². The van der Waals surface area contributed by atoms with Gasteiger partial charge in [-0.25, -0.2) is 4.79 Å². The lowest BCUT2D eigenvalue weighted by Gasteiger charge is -2.24. The maximum Gasteiger partial charge on any atom is 0.325 e. The number of benzene rings is 1. The number of nitriles is 1. The van der Waals surface area contributed by atoms with E-state index in [1.807, 2.05) is 6.07 Å². The van der Waals surface area contributed by atoms with Crippen molar-refractivity contribution in [2.24, 2.45) is 0 Å². The van der Waals surface area contributed by atoms with E-state index in [1.54, 1.807) is 25.1 Å². The average Bonchev–Trinajstić information content (AvgIpc) is 2.75. The molecule has 1 fully saturated rings. The predicted octanol–water partition coefficient (Wildman–Crippen LogP) is 1.38. The highest BCUT2D eigenvalue weighted by Gasteiger charge is 2.50. The first-order valence-electron chi connectivity index (χ1n) is 6.71. The quantitative estimate of drug-likeness (QED) is 0.830. The molecule has 1 aliphatic heterocycles. The average molecular weight is 303 g/mol. The standard InChI is InChI=1S/C15H17N3O4/c1-15(11-9-10(21-2)5-6-12(11)22-3)13(19)18(8-4-7-16)14(20)17-15/h5-6,9H,4,8H2,1-3H3,(H,17,20). The van der Waals surface area contributed by atoms with Gasteiger partial charge < -0.3 is 14.8 Å². The van der Waals surface area contributed by atoms with Gasteiger partial charge in [-0.3, -0.25) is 9.69 Å². The number of amides is 3. The Kier molecular flexibility index (Phi) is 4.22. The lowest BCUT2D eigenvalue weighted by atomic mass is 9.91. The molecule has 0 bridgehead atoms. The topological polar surface area (TPSA) is 91.7 Å². The van der Waals surface area contributed by atoms with Gasteiger partial charge in [-0.1, -0.05) is 0 Å². The Morgan fingerprint density at radius 2 is 2.05 bits per heavy atom. The van der Waals surface area contributed by atoms with Gasteiger partial charge in [-0.2, -0.15) is 5.26 Å². The monoisotopic (exact) mass is 303 g/mol. The Morgan fingerprint density at radius 3 is 2.64 bits per heavy atom. The second-order valence-corrected chi connectivity index (χ2v) is 4.99. The number of hydrogen-bond acceptors (Lipinski definition) is 5. The van der Waals surface area contributed by atoms with Gasteiger partial charge in [-0.15, -0.1) is 0 Å². The highest BCUT2D eigenvalue weighted by Crippen LogP contribution is 2.37. The minimum absolute atomic E-state index is 0.0586. The Bertz CT molecular complexity index is 653. The van der Waals surface area contributed by atoms with Gasteiger partial charge in [0.1, 0.15) is 17.0 Å². The molecule has 1 heterocycles. The summed E-state index contributed by atoms with van der Waals surface area (Å²) in [5, 5.41) is 11.3. The molecule has 3 amide bonds. The molecule has 1 aromatic rings. The highest BCUT2D eigenvalue weighted by atomic mass is 16.5. The van der Waals surface area contributed by atoms with Gasteiger partial charge >= 0.3 is 6.03 Å². The van der Waals surface area contributed by atoms with Crippen molar-refractivity contribution in [3.8, 4) is 17.6 Å². The minimum atomic E-state index is -1.26. The first-order valence-corrected chi connectivity index (χ1v) is 6.71. The Hall–Kier alpha value is -2.75. The van der Waals surface area contributed by atoms with Gasteiger partial charge in [-0.05, 0) is 25.1 Å². The number of carbonyl (C=O) groups excluding carboxylic acids is 2. The van der Waals surface area contributed by atoms with Gasteiger partial charge in [0, 0.05) is 12.1 Å². The molecular weight excluding hydrogens is 286 g/mol. The van der Waals surface area contributed by atoms with Gasteiger partial charge in [0.25, 0.3) is 5.91 Å². The van der Waals surface area contributed by atoms with Crippen molar-refractivity contribution in [1.82, 2.24) is 10.2 Å². The number of ether oxygens (including phenoxy) is 2. The van der Waals surface area contributed by atoms with Crippen molar-refractivity contribution >= 4 is 11.9 Å². The van der Waals surface area contributed by atoms with Crippen LogP contribution in [0.5, 0.6) is 11.5 Å². The van der Waals surface area contributed by atoms with Crippen LogP contribution in [0, 0.1) is 11.3 Å². The molecule has 7 nitrogen and oxygen atoms in total. The number of imide groups is 1. The largest absolute Gasteiger partial charge is 0.497 e. The maximum atomic E-state index is 12.6. The molecule has 22 heavy (non-hydrogen) atoms. The van der Waals surface area contributed by atoms with E-state index in [9.17, 15) is 9.59 Å². The molecule has 2 rings (SSSR count). The van der Waals surface area contributed by atoms with E-state index in [1.165, 1.54) is 14.2 Å². The Labute approximate surface area is 128 Å². The van der Waals surface area contributed by atoms with Crippen LogP contribution in [-0.4, -0.2) is 37.6 Å². The normalized spacial score (nSPS) is 20.5. The van der Waals surface area contributed by atoms with E-state index in [4.69, 9.17) is 14.7 Å². The zero-order valence-corrected chi connectivity index (χ0v) is 12.7. The number of urea groups is 1. The van der Waals surface area contributed by atoms with Crippen LogP contribution in [0.15, 0.2) is 18.2 Å². The zero-order chi connectivity index (χ0) is 16.3. The summed E-state index contributed by atoms with van der Waals surface area (Å²) in [7, 11) is 3.01. The summed E-state index contributed by atoms with van der Waals surface area (Å²) in [6, 6.07) is 6.45. The second kappa shape index (κ2) is 5.93. The number of rotatable bonds is 5. The Morgan fingerprint density at radius 1 is 1.32 bits per heavy atom. The van der Waals surface area contributed by atoms with E-state index in [-0.39, 0.29) is 13.0 Å². The number of methoxy groups -OCH3 is 2. The van der Waals surface area contributed by atoms with Crippen LogP contribution in [-0.2, 0) is 10.3 Å². The smallest absolute Gasteiger partial charge is 0.325 e. The molecule has 1 aliphatic rings. The van der Waals surface area contributed by atoms with Gasteiger partial charge in [0.15, 0.2) is 0 Å². The molecule has 1 N–H and O–H groups in total. The fourth-order valence-corrected chi connectivity index (χ4v) is 2.45. The molecule has 0 radical (unpaired) electrons. The molecule has 0 spiro atoms. The van der Waals surface area contributed by atoms with Crippen LogP contribution in [0.4, 0.5) is 4.79 Å². The van der Waals surface area contributed by atoms with E-state index in [0.29, 0.717) is 17.1 Å². The fourth-order valence-electron chi connectivity index (χ4n) is 2.45. The fraction of sp³-hybridized carbons (Fsp3) is 0.400. The summed E-state index contributed by atoms with van der Waals surface area (Å²) in [5.41, 5.74) is -0.751. The van der Waals surface area contributed by atoms with Crippen LogP contribution in [0.2, 0.25) is 0 Å². The molecule has 0 aliphatic carbocycles. The van der Waals surface area contributed by atoms with E-state index in [0.717, 1.165) is 4.90 Å². The summed E-state index contributed by atoms with van der Waals surface area (Å²) >= 11 is 0. The number of carbonyl (C=O) groups is 2. The number of nitrogens with zero attached hydrogens (tertiary/aromatic N) is 2. The third-order valence-corrected chi connectivity index (χ3v) is 3.67. The molecule has 0 aromatic heterocycles. The van der Waals surface area contributed by atoms with Crippen molar-refractivity contribution < 1.29 is 19.1 Å². The first kappa shape index (κ1) is 15.6. The molecule has 116 valence electrons. The summed E-state index contributed by atoms with van der Waals surface area (Å²) < 4.78 is 10.5. The summed E-state index contributed by atoms with van der Waals surface area (Å²) in [4.78, 5) is 25.7. The predicted molar refractivity (Wildman–Crippen MR) is 77.4 cm³/mol. The van der Waals surface area contributed by atoms with E-state index >= 15 is 0 Å². The first-order chi connectivity index (χ1) is 10.5. The number of hydrogen-bond donors (Lipinski definition) is 1. The second-order valence-electron chi connectivity index (χ2n) is 4.99. The molecule has 1 atom stereocenters. The highest BCUT2D eigenvalue weighted by molar-refractivity contribution is 6.07. The SMILES string of the molecule is COc1ccc(OC)c(C2(C)NC(=O)N(CCC#N)C2=O)c1. The van der Waals surface area contributed by atoms with E-state index < -0.39 is 17.5 Å². The van der Waals surface area contributed by atoms with E-state index in [2.05, 4.69) is 5.32 Å². The maximum absolute atomic E-state index is 12.6. The zero-order valence-electron chi connectivity index (χ0n) is 12.7. The molecule has 1 saturated heterocycles. The van der Waals surface area contributed by atoms with Gasteiger partial charge in [0.05, 0.1) is 26.7 Å². The van der Waals surface area contributed by atoms with Crippen LogP contribution in [0.25, 0.3) is 0 Å². The van der Waals surface area contributed by atoms with Crippen molar-refractivity contribution in [2.75, 3.05) is 20.8 Å². The van der Waals surface area contributed by atoms with Crippen LogP contribution in [0.3, 0.4) is 0 Å². The van der Waals surface area contributed by atoms with Crippen LogP contribution >= 0.6 is 0 Å². The summed E-state index contributed by atoms with van der Waals surface area (Å²) in [6.45, 7) is 1.67. The van der Waals surface area contributed by atoms with Crippen molar-refractivity contribution in [1.29, 1.82) is 5.26 Å². The molecular formula is C15H17N3O4. The molecule has 1 aromatic carbocycles. The summed E-state index contributed by atoms with van der Waals surface area (Å²) in [6.07, 6.45) is 0.0878. The third-order valence-electron chi connectivity index (χ3n) is 3.67. The lowest BCUT2D eigenvalue weighted by Crippen LogP contribution is -2.41. The third kappa shape index (κ3) is 2.44.